The molecule has 0 aliphatic carbocycles. The number of halogens is 1. The van der Waals surface area contributed by atoms with Gasteiger partial charge in [0.25, 0.3) is 0 Å². The number of nitrogens with one attached hydrogen (secondary N) is 2. The van der Waals surface area contributed by atoms with Crippen LogP contribution in [0.5, 0.6) is 0 Å². The molecule has 7 nitrogen and oxygen atoms in total. The highest BCUT2D eigenvalue weighted by molar-refractivity contribution is 7.89. The third-order valence-electron chi connectivity index (χ3n) is 3.93. The van der Waals surface area contributed by atoms with Crippen LogP contribution in [-0.4, -0.2) is 40.1 Å². The van der Waals surface area contributed by atoms with Gasteiger partial charge >= 0.3 is 5.97 Å². The number of methoxy groups -OCH3 is 1. The molecule has 2 rings (SSSR count). The highest BCUT2D eigenvalue weighted by Crippen LogP contribution is 2.28. The van der Waals surface area contributed by atoms with Crippen LogP contribution >= 0.6 is 12.4 Å². The van der Waals surface area contributed by atoms with Crippen LogP contribution in [-0.2, 0) is 14.8 Å². The number of rotatable bonds is 4. The molecule has 0 bridgehead atoms. The minimum atomic E-state index is -3.87. The second kappa shape index (κ2) is 7.65. The summed E-state index contributed by atoms with van der Waals surface area (Å²) in [5.41, 5.74) is -0.0380. The molecule has 1 aliphatic heterocycles. The molecule has 0 saturated carbocycles. The van der Waals surface area contributed by atoms with Crippen molar-refractivity contribution in [2.75, 3.05) is 13.7 Å². The molecule has 0 spiro atoms. The summed E-state index contributed by atoms with van der Waals surface area (Å²) in [6.07, 6.45) is 1.64. The number of furan rings is 1. The van der Waals surface area contributed by atoms with Crippen molar-refractivity contribution < 1.29 is 22.4 Å². The first-order valence-corrected chi connectivity index (χ1v) is 8.70. The van der Waals surface area contributed by atoms with Crippen LogP contribution in [0.3, 0.4) is 0 Å². The van der Waals surface area contributed by atoms with Crippen LogP contribution in [0.25, 0.3) is 0 Å². The van der Waals surface area contributed by atoms with Gasteiger partial charge in [0.1, 0.15) is 22.0 Å². The van der Waals surface area contributed by atoms with Crippen LogP contribution < -0.4 is 10.0 Å². The van der Waals surface area contributed by atoms with E-state index in [1.807, 2.05) is 6.92 Å². The topological polar surface area (TPSA) is 97.6 Å². The average molecular weight is 367 g/mol. The summed E-state index contributed by atoms with van der Waals surface area (Å²) in [6.45, 7) is 5.87. The van der Waals surface area contributed by atoms with Crippen LogP contribution in [0.15, 0.2) is 9.31 Å². The quantitative estimate of drug-likeness (QED) is 0.784. The monoisotopic (exact) mass is 366 g/mol. The standard InChI is InChI=1S/C14H22N2O5S.ClH/c1-8-11(6-5-7-15-8)16-22(18,19)13-10(3)21-9(2)12(13)14(17)20-4;/h8,11,15-16H,5-7H2,1-4H3;1H. The highest BCUT2D eigenvalue weighted by Gasteiger charge is 2.34. The first-order chi connectivity index (χ1) is 10.3. The van der Waals surface area contributed by atoms with Crippen molar-refractivity contribution in [1.29, 1.82) is 0 Å². The van der Waals surface area contributed by atoms with Crippen LogP contribution in [0.4, 0.5) is 0 Å². The normalized spacial score (nSPS) is 21.6. The van der Waals surface area contributed by atoms with Crippen molar-refractivity contribution in [3.8, 4) is 0 Å². The van der Waals surface area contributed by atoms with E-state index in [2.05, 4.69) is 14.8 Å². The van der Waals surface area contributed by atoms with Crippen molar-refractivity contribution in [2.45, 2.75) is 50.6 Å². The van der Waals surface area contributed by atoms with E-state index in [-0.39, 0.29) is 46.5 Å². The van der Waals surface area contributed by atoms with Crippen molar-refractivity contribution in [3.63, 3.8) is 0 Å². The first-order valence-electron chi connectivity index (χ1n) is 7.22. The van der Waals surface area contributed by atoms with E-state index < -0.39 is 16.0 Å². The summed E-state index contributed by atoms with van der Waals surface area (Å²) < 4.78 is 38.1. The fraction of sp³-hybridized carbons (Fsp3) is 0.643. The lowest BCUT2D eigenvalue weighted by atomic mass is 10.0. The highest BCUT2D eigenvalue weighted by atomic mass is 35.5. The summed E-state index contributed by atoms with van der Waals surface area (Å²) in [4.78, 5) is 11.8. The SMILES string of the molecule is COC(=O)c1c(C)oc(C)c1S(=O)(=O)NC1CCCNC1C.Cl. The molecule has 9 heteroatoms. The third-order valence-corrected chi connectivity index (χ3v) is 5.57. The smallest absolute Gasteiger partial charge is 0.342 e. The molecule has 1 aromatic heterocycles. The molecule has 1 aliphatic rings. The van der Waals surface area contributed by atoms with Gasteiger partial charge in [-0.1, -0.05) is 0 Å². The van der Waals surface area contributed by atoms with Gasteiger partial charge in [-0.3, -0.25) is 0 Å². The van der Waals surface area contributed by atoms with E-state index in [1.165, 1.54) is 14.0 Å². The lowest BCUT2D eigenvalue weighted by Crippen LogP contribution is -2.51. The number of piperidine rings is 1. The van der Waals surface area contributed by atoms with E-state index in [4.69, 9.17) is 4.42 Å². The molecule has 23 heavy (non-hydrogen) atoms. The number of ether oxygens (including phenoxy) is 1. The largest absolute Gasteiger partial charge is 0.465 e. The summed E-state index contributed by atoms with van der Waals surface area (Å²) in [5.74, 6) is -0.300. The Bertz CT molecular complexity index is 671. The maximum atomic E-state index is 12.7. The Morgan fingerprint density at radius 2 is 2.00 bits per heavy atom. The number of sulfonamides is 1. The molecule has 2 N–H and O–H groups in total. The lowest BCUT2D eigenvalue weighted by Gasteiger charge is -2.30. The van der Waals surface area contributed by atoms with Gasteiger partial charge in [-0.25, -0.2) is 17.9 Å². The van der Waals surface area contributed by atoms with Gasteiger partial charge in [-0.2, -0.15) is 0 Å². The van der Waals surface area contributed by atoms with Gasteiger partial charge in [-0.05, 0) is 40.2 Å². The van der Waals surface area contributed by atoms with E-state index in [9.17, 15) is 13.2 Å². The van der Waals surface area contributed by atoms with Gasteiger partial charge in [0.2, 0.25) is 10.0 Å². The Hall–Kier alpha value is -1.09. The number of aryl methyl sites for hydroxylation is 2. The maximum absolute atomic E-state index is 12.7. The Labute approximate surface area is 142 Å². The van der Waals surface area contributed by atoms with Crippen molar-refractivity contribution in [2.24, 2.45) is 0 Å². The van der Waals surface area contributed by atoms with E-state index in [0.717, 1.165) is 19.4 Å². The van der Waals surface area contributed by atoms with Gasteiger partial charge in [-0.15, -0.1) is 12.4 Å². The van der Waals surface area contributed by atoms with Crippen LogP contribution in [0.2, 0.25) is 0 Å². The molecule has 1 fully saturated rings. The molecule has 0 aromatic carbocycles. The van der Waals surface area contributed by atoms with Crippen molar-refractivity contribution >= 4 is 28.4 Å². The Kier molecular flexibility index (Phi) is 6.64. The molecule has 1 saturated heterocycles. The molecule has 1 aromatic rings. The summed E-state index contributed by atoms with van der Waals surface area (Å²) in [7, 11) is -2.66. The zero-order valence-electron chi connectivity index (χ0n) is 13.6. The second-order valence-corrected chi connectivity index (χ2v) is 7.17. The fourth-order valence-corrected chi connectivity index (χ4v) is 4.54. The van der Waals surface area contributed by atoms with Gasteiger partial charge in [0.05, 0.1) is 7.11 Å². The van der Waals surface area contributed by atoms with Crippen molar-refractivity contribution in [3.05, 3.63) is 17.1 Å². The van der Waals surface area contributed by atoms with E-state index in [0.29, 0.717) is 0 Å². The van der Waals surface area contributed by atoms with E-state index in [1.54, 1.807) is 6.92 Å². The molecule has 0 radical (unpaired) electrons. The Balaban J connectivity index is 0.00000264. The number of hydrogen-bond donors (Lipinski definition) is 2. The molecule has 2 heterocycles. The summed E-state index contributed by atoms with van der Waals surface area (Å²) >= 11 is 0. The molecular weight excluding hydrogens is 344 g/mol. The second-order valence-electron chi connectivity index (χ2n) is 5.52. The van der Waals surface area contributed by atoms with E-state index >= 15 is 0 Å². The fourth-order valence-electron chi connectivity index (χ4n) is 2.79. The predicted octanol–water partition coefficient (Wildman–Crippen LogP) is 1.52. The first kappa shape index (κ1) is 20.0. The van der Waals surface area contributed by atoms with Gasteiger partial charge in [0, 0.05) is 12.1 Å². The number of esters is 1. The van der Waals surface area contributed by atoms with Gasteiger partial charge < -0.3 is 14.5 Å². The predicted molar refractivity (Wildman–Crippen MR) is 87.6 cm³/mol. The summed E-state index contributed by atoms with van der Waals surface area (Å²) in [6, 6.07) is -0.197. The number of carbonyl (C=O) groups excluding carboxylic acids is 1. The molecule has 2 unspecified atom stereocenters. The number of carbonyl (C=O) groups is 1. The zero-order chi connectivity index (χ0) is 16.5. The maximum Gasteiger partial charge on any atom is 0.342 e. The van der Waals surface area contributed by atoms with Gasteiger partial charge in [0.15, 0.2) is 0 Å². The molecular formula is C14H23ClN2O5S. The summed E-state index contributed by atoms with van der Waals surface area (Å²) in [5, 5.41) is 3.23. The zero-order valence-corrected chi connectivity index (χ0v) is 15.3. The lowest BCUT2D eigenvalue weighted by molar-refractivity contribution is 0.0595. The number of hydrogen-bond acceptors (Lipinski definition) is 6. The average Bonchev–Trinajstić information content (AvgIpc) is 2.75. The minimum Gasteiger partial charge on any atom is -0.465 e. The molecule has 132 valence electrons. The molecule has 2 atom stereocenters. The Morgan fingerprint density at radius 3 is 2.57 bits per heavy atom. The Morgan fingerprint density at radius 1 is 1.35 bits per heavy atom. The van der Waals surface area contributed by atoms with Crippen LogP contribution in [0.1, 0.15) is 41.6 Å². The van der Waals surface area contributed by atoms with Crippen molar-refractivity contribution in [1.82, 2.24) is 10.0 Å². The third kappa shape index (κ3) is 4.06. The van der Waals surface area contributed by atoms with Crippen LogP contribution in [0, 0.1) is 13.8 Å². The molecule has 0 amide bonds. The minimum absolute atomic E-state index is 0.